The van der Waals surface area contributed by atoms with Crippen molar-refractivity contribution < 1.29 is 9.59 Å². The van der Waals surface area contributed by atoms with Crippen LogP contribution in [0.3, 0.4) is 0 Å². The van der Waals surface area contributed by atoms with Crippen LogP contribution in [-0.2, 0) is 10.5 Å². The van der Waals surface area contributed by atoms with Crippen molar-refractivity contribution in [3.8, 4) is 0 Å². The van der Waals surface area contributed by atoms with Gasteiger partial charge in [0.05, 0.1) is 11.3 Å². The minimum absolute atomic E-state index is 0.0500. The van der Waals surface area contributed by atoms with Crippen molar-refractivity contribution in [3.63, 3.8) is 0 Å². The van der Waals surface area contributed by atoms with Crippen LogP contribution in [0.5, 0.6) is 0 Å². The molecule has 0 bridgehead atoms. The minimum Gasteiger partial charge on any atom is -0.342 e. The Hall–Kier alpha value is -2.80. The van der Waals surface area contributed by atoms with E-state index in [-0.39, 0.29) is 11.8 Å². The number of piperidine rings is 2. The molecule has 2 saturated heterocycles. The largest absolute Gasteiger partial charge is 0.342 e. The lowest BCUT2D eigenvalue weighted by atomic mass is 9.92. The predicted molar refractivity (Wildman–Crippen MR) is 135 cm³/mol. The average molecular weight is 477 g/mol. The molecule has 0 spiro atoms. The number of pyridine rings is 1. The molecule has 178 valence electrons. The molecule has 5 rings (SSSR count). The average Bonchev–Trinajstić information content (AvgIpc) is 3.30. The number of imidazole rings is 1. The van der Waals surface area contributed by atoms with Gasteiger partial charge in [-0.3, -0.25) is 9.59 Å². The second-order valence-corrected chi connectivity index (χ2v) is 10.6. The molecule has 1 atom stereocenters. The maximum absolute atomic E-state index is 13.4. The van der Waals surface area contributed by atoms with Gasteiger partial charge in [0.25, 0.3) is 5.91 Å². The Morgan fingerprint density at radius 3 is 2.59 bits per heavy atom. The van der Waals surface area contributed by atoms with E-state index in [1.807, 2.05) is 64.2 Å². The molecule has 2 amide bonds. The summed E-state index contributed by atoms with van der Waals surface area (Å²) in [7, 11) is 0. The Morgan fingerprint density at radius 1 is 1.00 bits per heavy atom. The van der Waals surface area contributed by atoms with Crippen molar-refractivity contribution >= 4 is 29.2 Å². The highest BCUT2D eigenvalue weighted by Crippen LogP contribution is 2.29. The summed E-state index contributed by atoms with van der Waals surface area (Å²) >= 11 is 1.65. The second kappa shape index (κ2) is 10.2. The van der Waals surface area contributed by atoms with Crippen LogP contribution in [0, 0.1) is 11.8 Å². The highest BCUT2D eigenvalue weighted by Gasteiger charge is 2.32. The van der Waals surface area contributed by atoms with E-state index in [2.05, 4.69) is 16.8 Å². The number of rotatable bonds is 5. The first kappa shape index (κ1) is 23.0. The Bertz CT molecular complexity index is 1140. The molecule has 0 radical (unpaired) electrons. The first-order chi connectivity index (χ1) is 16.6. The van der Waals surface area contributed by atoms with Gasteiger partial charge in [0.15, 0.2) is 0 Å². The second-order valence-electron chi connectivity index (χ2n) is 9.58. The molecule has 1 aromatic carbocycles. The number of aromatic nitrogens is 2. The molecular weight excluding hydrogens is 444 g/mol. The third-order valence-electron chi connectivity index (χ3n) is 7.01. The Labute approximate surface area is 205 Å². The standard InChI is InChI=1S/C27H32N4O2S/c1-20-7-6-14-31(17-20)26(32)21-11-15-29(16-12-21)27(33)23-8-2-3-9-24(23)34-19-22-18-30-13-5-4-10-25(30)28-22/h2-5,8-10,13,18,20-21H,6-7,11-12,14-17,19H2,1H3. The molecule has 7 heteroatoms. The molecule has 2 aromatic heterocycles. The fraction of sp³-hybridized carbons (Fsp3) is 0.444. The number of carbonyl (C=O) groups is 2. The number of hydrogen-bond acceptors (Lipinski definition) is 4. The van der Waals surface area contributed by atoms with Crippen molar-refractivity contribution in [2.45, 2.75) is 43.3 Å². The van der Waals surface area contributed by atoms with Crippen LogP contribution >= 0.6 is 11.8 Å². The monoisotopic (exact) mass is 476 g/mol. The predicted octanol–water partition coefficient (Wildman–Crippen LogP) is 4.74. The van der Waals surface area contributed by atoms with Crippen molar-refractivity contribution in [3.05, 3.63) is 66.1 Å². The zero-order chi connectivity index (χ0) is 23.5. The number of likely N-dealkylation sites (tertiary alicyclic amines) is 2. The third-order valence-corrected chi connectivity index (χ3v) is 8.11. The number of carbonyl (C=O) groups excluding carboxylic acids is 2. The summed E-state index contributed by atoms with van der Waals surface area (Å²) < 4.78 is 2.02. The third kappa shape index (κ3) is 4.99. The molecule has 0 N–H and O–H groups in total. The summed E-state index contributed by atoms with van der Waals surface area (Å²) in [6.07, 6.45) is 7.86. The smallest absolute Gasteiger partial charge is 0.254 e. The number of benzene rings is 1. The van der Waals surface area contributed by atoms with Gasteiger partial charge in [-0.25, -0.2) is 4.98 Å². The summed E-state index contributed by atoms with van der Waals surface area (Å²) in [6.45, 7) is 5.29. The minimum atomic E-state index is 0.0500. The van der Waals surface area contributed by atoms with E-state index in [1.165, 1.54) is 6.42 Å². The van der Waals surface area contributed by atoms with E-state index >= 15 is 0 Å². The topological polar surface area (TPSA) is 57.9 Å². The van der Waals surface area contributed by atoms with Gasteiger partial charge in [-0.15, -0.1) is 11.8 Å². The maximum Gasteiger partial charge on any atom is 0.254 e. The molecule has 2 aliphatic heterocycles. The van der Waals surface area contributed by atoms with Gasteiger partial charge >= 0.3 is 0 Å². The van der Waals surface area contributed by atoms with Crippen LogP contribution < -0.4 is 0 Å². The van der Waals surface area contributed by atoms with E-state index in [9.17, 15) is 9.59 Å². The molecule has 4 heterocycles. The van der Waals surface area contributed by atoms with Crippen LogP contribution in [-0.4, -0.2) is 57.2 Å². The van der Waals surface area contributed by atoms with Crippen molar-refractivity contribution in [1.82, 2.24) is 19.2 Å². The zero-order valence-corrected chi connectivity index (χ0v) is 20.5. The van der Waals surface area contributed by atoms with Crippen molar-refractivity contribution in [2.75, 3.05) is 26.2 Å². The zero-order valence-electron chi connectivity index (χ0n) is 19.7. The lowest BCUT2D eigenvalue weighted by Gasteiger charge is -2.37. The lowest BCUT2D eigenvalue weighted by molar-refractivity contribution is -0.138. The van der Waals surface area contributed by atoms with Gasteiger partial charge in [0, 0.05) is 55.1 Å². The van der Waals surface area contributed by atoms with Crippen molar-refractivity contribution in [1.29, 1.82) is 0 Å². The highest BCUT2D eigenvalue weighted by atomic mass is 32.2. The normalized spacial score (nSPS) is 19.5. The van der Waals surface area contributed by atoms with Crippen molar-refractivity contribution in [2.24, 2.45) is 11.8 Å². The Kier molecular flexibility index (Phi) is 6.90. The van der Waals surface area contributed by atoms with Gasteiger partial charge < -0.3 is 14.2 Å². The quantitative estimate of drug-likeness (QED) is 0.499. The van der Waals surface area contributed by atoms with E-state index in [0.29, 0.717) is 30.7 Å². The molecule has 0 saturated carbocycles. The fourth-order valence-corrected chi connectivity index (χ4v) is 6.05. The number of thioether (sulfide) groups is 1. The highest BCUT2D eigenvalue weighted by molar-refractivity contribution is 7.98. The summed E-state index contributed by atoms with van der Waals surface area (Å²) in [6, 6.07) is 13.8. The summed E-state index contributed by atoms with van der Waals surface area (Å²) in [4.78, 5) is 36.0. The van der Waals surface area contributed by atoms with E-state index < -0.39 is 0 Å². The molecule has 2 aliphatic rings. The van der Waals surface area contributed by atoms with Crippen LogP contribution in [0.25, 0.3) is 5.65 Å². The van der Waals surface area contributed by atoms with Crippen LogP contribution in [0.15, 0.2) is 59.8 Å². The summed E-state index contributed by atoms with van der Waals surface area (Å²) in [5.74, 6) is 1.71. The lowest BCUT2D eigenvalue weighted by Crippen LogP contribution is -2.47. The first-order valence-electron chi connectivity index (χ1n) is 12.3. The fourth-order valence-electron chi connectivity index (χ4n) is 5.13. The van der Waals surface area contributed by atoms with Gasteiger partial charge in [-0.2, -0.15) is 0 Å². The Morgan fingerprint density at radius 2 is 1.79 bits per heavy atom. The van der Waals surface area contributed by atoms with Gasteiger partial charge in [-0.05, 0) is 55.9 Å². The van der Waals surface area contributed by atoms with Crippen LogP contribution in [0.2, 0.25) is 0 Å². The number of nitrogens with zero attached hydrogens (tertiary/aromatic N) is 4. The molecule has 3 aromatic rings. The molecule has 0 aliphatic carbocycles. The molecule has 1 unspecified atom stereocenters. The number of amides is 2. The molecular formula is C27H32N4O2S. The van der Waals surface area contributed by atoms with E-state index in [1.54, 1.807) is 11.8 Å². The van der Waals surface area contributed by atoms with E-state index in [4.69, 9.17) is 0 Å². The van der Waals surface area contributed by atoms with Gasteiger partial charge in [0.1, 0.15) is 5.65 Å². The molecule has 2 fully saturated rings. The SMILES string of the molecule is CC1CCCN(C(=O)C2CCN(C(=O)c3ccccc3SCc3cn4ccccc4n3)CC2)C1. The van der Waals surface area contributed by atoms with Crippen LogP contribution in [0.4, 0.5) is 0 Å². The summed E-state index contributed by atoms with van der Waals surface area (Å²) in [5, 5.41) is 0. The van der Waals surface area contributed by atoms with Gasteiger partial charge in [-0.1, -0.05) is 25.1 Å². The first-order valence-corrected chi connectivity index (χ1v) is 13.3. The molecule has 6 nitrogen and oxygen atoms in total. The van der Waals surface area contributed by atoms with Crippen LogP contribution in [0.1, 0.15) is 48.7 Å². The van der Waals surface area contributed by atoms with Gasteiger partial charge in [0.2, 0.25) is 5.91 Å². The maximum atomic E-state index is 13.4. The molecule has 34 heavy (non-hydrogen) atoms. The summed E-state index contributed by atoms with van der Waals surface area (Å²) in [5.41, 5.74) is 2.66. The van der Waals surface area contributed by atoms with E-state index in [0.717, 1.165) is 54.2 Å². The Balaban J connectivity index is 1.20. The number of fused-ring (bicyclic) bond motifs is 1. The number of hydrogen-bond donors (Lipinski definition) is 0.